The number of carbonyl (C=O) groups excluding carboxylic acids is 2. The highest BCUT2D eigenvalue weighted by atomic mass is 16.2. The summed E-state index contributed by atoms with van der Waals surface area (Å²) in [7, 11) is 1.61. The van der Waals surface area contributed by atoms with E-state index in [-0.39, 0.29) is 11.9 Å². The number of nitrogens with zero attached hydrogens (tertiary/aromatic N) is 2. The van der Waals surface area contributed by atoms with Crippen LogP contribution in [-0.4, -0.2) is 61.0 Å². The van der Waals surface area contributed by atoms with Gasteiger partial charge < -0.3 is 15.5 Å². The summed E-state index contributed by atoms with van der Waals surface area (Å²) in [6, 6.07) is 5.79. The van der Waals surface area contributed by atoms with Crippen molar-refractivity contribution in [2.24, 2.45) is 0 Å². The molecule has 0 unspecified atom stereocenters. The van der Waals surface area contributed by atoms with Crippen molar-refractivity contribution in [2.45, 2.75) is 32.2 Å². The van der Waals surface area contributed by atoms with Crippen LogP contribution in [0, 0.1) is 6.92 Å². The van der Waals surface area contributed by atoms with E-state index in [9.17, 15) is 9.59 Å². The minimum atomic E-state index is -0.121. The molecule has 3 rings (SSSR count). The first-order valence-electron chi connectivity index (χ1n) is 8.71. The van der Waals surface area contributed by atoms with E-state index < -0.39 is 0 Å². The van der Waals surface area contributed by atoms with Crippen LogP contribution in [-0.2, 0) is 0 Å². The first-order valence-corrected chi connectivity index (χ1v) is 8.71. The molecule has 6 heteroatoms. The fourth-order valence-electron chi connectivity index (χ4n) is 3.61. The molecule has 0 saturated carbocycles. The number of hydrogen-bond acceptors (Lipinski definition) is 3. The molecule has 1 aromatic carbocycles. The van der Waals surface area contributed by atoms with Gasteiger partial charge in [0.1, 0.15) is 0 Å². The summed E-state index contributed by atoms with van der Waals surface area (Å²) in [5.74, 6) is -0.121. The highest BCUT2D eigenvalue weighted by molar-refractivity contribution is 5.96. The number of anilines is 1. The topological polar surface area (TPSA) is 64.7 Å². The Bertz CT molecular complexity index is 625. The molecule has 0 radical (unpaired) electrons. The Morgan fingerprint density at radius 2 is 1.92 bits per heavy atom. The fraction of sp³-hybridized carbons (Fsp3) is 0.556. The third-order valence-electron chi connectivity index (χ3n) is 5.06. The fourth-order valence-corrected chi connectivity index (χ4v) is 3.61. The first-order chi connectivity index (χ1) is 11.6. The number of likely N-dealkylation sites (tertiary alicyclic amines) is 2. The van der Waals surface area contributed by atoms with Gasteiger partial charge in [-0.3, -0.25) is 9.69 Å². The molecule has 6 nitrogen and oxygen atoms in total. The van der Waals surface area contributed by atoms with Crippen molar-refractivity contribution in [3.8, 4) is 0 Å². The maximum Gasteiger partial charge on any atom is 0.321 e. The van der Waals surface area contributed by atoms with Crippen molar-refractivity contribution in [3.63, 3.8) is 0 Å². The van der Waals surface area contributed by atoms with E-state index in [4.69, 9.17) is 0 Å². The van der Waals surface area contributed by atoms with Gasteiger partial charge in [0.2, 0.25) is 0 Å². The van der Waals surface area contributed by atoms with E-state index in [2.05, 4.69) is 15.5 Å². The van der Waals surface area contributed by atoms with Crippen molar-refractivity contribution < 1.29 is 9.59 Å². The van der Waals surface area contributed by atoms with Crippen LogP contribution in [0.2, 0.25) is 0 Å². The predicted octanol–water partition coefficient (Wildman–Crippen LogP) is 2.06. The van der Waals surface area contributed by atoms with E-state index >= 15 is 0 Å². The Morgan fingerprint density at radius 3 is 2.58 bits per heavy atom. The van der Waals surface area contributed by atoms with Crippen molar-refractivity contribution in [3.05, 3.63) is 29.3 Å². The largest absolute Gasteiger partial charge is 0.355 e. The lowest BCUT2D eigenvalue weighted by Gasteiger charge is -2.24. The number of hydrogen-bond donors (Lipinski definition) is 2. The van der Waals surface area contributed by atoms with Crippen LogP contribution in [0.15, 0.2) is 18.2 Å². The molecule has 1 aromatic rings. The van der Waals surface area contributed by atoms with Crippen molar-refractivity contribution >= 4 is 17.6 Å². The van der Waals surface area contributed by atoms with Crippen molar-refractivity contribution in [1.82, 2.24) is 15.1 Å². The van der Waals surface area contributed by atoms with Gasteiger partial charge in [-0.2, -0.15) is 0 Å². The van der Waals surface area contributed by atoms with Gasteiger partial charge in [-0.15, -0.1) is 0 Å². The molecule has 2 aliphatic heterocycles. The van der Waals surface area contributed by atoms with E-state index in [0.717, 1.165) is 30.8 Å². The van der Waals surface area contributed by atoms with Crippen LogP contribution in [0.1, 0.15) is 35.2 Å². The molecule has 2 aliphatic rings. The van der Waals surface area contributed by atoms with Gasteiger partial charge in [0, 0.05) is 37.4 Å². The molecular formula is C18H26N4O2. The first kappa shape index (κ1) is 16.8. The number of aryl methyl sites for hydroxylation is 1. The number of nitrogens with one attached hydrogen (secondary N) is 2. The summed E-state index contributed by atoms with van der Waals surface area (Å²) in [6.45, 7) is 5.85. The average molecular weight is 330 g/mol. The Balaban J connectivity index is 1.60. The van der Waals surface area contributed by atoms with E-state index in [0.29, 0.717) is 11.6 Å². The van der Waals surface area contributed by atoms with Crippen LogP contribution in [0.3, 0.4) is 0 Å². The molecular weight excluding hydrogens is 304 g/mol. The third-order valence-corrected chi connectivity index (χ3v) is 5.06. The van der Waals surface area contributed by atoms with Gasteiger partial charge in [0.05, 0.1) is 0 Å². The molecule has 24 heavy (non-hydrogen) atoms. The maximum atomic E-state index is 12.5. The Labute approximate surface area is 143 Å². The summed E-state index contributed by atoms with van der Waals surface area (Å²) >= 11 is 0. The highest BCUT2D eigenvalue weighted by Gasteiger charge is 2.31. The lowest BCUT2D eigenvalue weighted by molar-refractivity contribution is 0.0963. The zero-order valence-corrected chi connectivity index (χ0v) is 14.5. The number of benzene rings is 1. The van der Waals surface area contributed by atoms with E-state index in [1.807, 2.05) is 11.8 Å². The number of carbonyl (C=O) groups is 2. The molecule has 0 spiro atoms. The predicted molar refractivity (Wildman–Crippen MR) is 94.4 cm³/mol. The number of urea groups is 1. The summed E-state index contributed by atoms with van der Waals surface area (Å²) in [5, 5.41) is 5.59. The molecule has 2 heterocycles. The summed E-state index contributed by atoms with van der Waals surface area (Å²) in [6.07, 6.45) is 3.61. The summed E-state index contributed by atoms with van der Waals surface area (Å²) < 4.78 is 0. The quantitative estimate of drug-likeness (QED) is 0.891. The second-order valence-corrected chi connectivity index (χ2v) is 6.67. The van der Waals surface area contributed by atoms with Crippen molar-refractivity contribution in [2.75, 3.05) is 38.5 Å². The highest BCUT2D eigenvalue weighted by Crippen LogP contribution is 2.22. The number of amides is 3. The van der Waals surface area contributed by atoms with Gasteiger partial charge in [-0.05, 0) is 63.0 Å². The second kappa shape index (κ2) is 7.21. The van der Waals surface area contributed by atoms with Gasteiger partial charge in [0.25, 0.3) is 5.91 Å². The SMILES string of the molecule is CNC(=O)c1ccc(NC(=O)N2CC[C@H](N3CCCC3)C2)c(C)c1. The molecule has 130 valence electrons. The zero-order chi connectivity index (χ0) is 17.1. The molecule has 2 N–H and O–H groups in total. The molecule has 1 atom stereocenters. The van der Waals surface area contributed by atoms with Crippen molar-refractivity contribution in [1.29, 1.82) is 0 Å². The molecule has 3 amide bonds. The van der Waals surface area contributed by atoms with Gasteiger partial charge in [-0.25, -0.2) is 4.79 Å². The zero-order valence-electron chi connectivity index (χ0n) is 14.5. The molecule has 2 saturated heterocycles. The lowest BCUT2D eigenvalue weighted by Crippen LogP contribution is -2.38. The molecule has 2 fully saturated rings. The Hall–Kier alpha value is -2.08. The molecule has 0 bridgehead atoms. The summed E-state index contributed by atoms with van der Waals surface area (Å²) in [4.78, 5) is 28.6. The van der Waals surface area contributed by atoms with Crippen LogP contribution in [0.5, 0.6) is 0 Å². The Morgan fingerprint density at radius 1 is 1.17 bits per heavy atom. The summed E-state index contributed by atoms with van der Waals surface area (Å²) in [5.41, 5.74) is 2.25. The van der Waals surface area contributed by atoms with Gasteiger partial charge >= 0.3 is 6.03 Å². The molecule has 0 aliphatic carbocycles. The van der Waals surface area contributed by atoms with Crippen LogP contribution in [0.4, 0.5) is 10.5 Å². The van der Waals surface area contributed by atoms with Crippen LogP contribution >= 0.6 is 0 Å². The molecule has 0 aromatic heterocycles. The standard InChI is InChI=1S/C18H26N4O2/c1-13-11-14(17(23)19-2)5-6-16(13)20-18(24)22-10-7-15(12-22)21-8-3-4-9-21/h5-6,11,15H,3-4,7-10,12H2,1-2H3,(H,19,23)(H,20,24)/t15-/m0/s1. The van der Waals surface area contributed by atoms with Gasteiger partial charge in [-0.1, -0.05) is 0 Å². The normalized spacial score (nSPS) is 21.1. The monoisotopic (exact) mass is 330 g/mol. The van der Waals surface area contributed by atoms with E-state index in [1.165, 1.54) is 25.9 Å². The average Bonchev–Trinajstić information content (AvgIpc) is 3.26. The third kappa shape index (κ3) is 3.53. The Kier molecular flexibility index (Phi) is 5.04. The van der Waals surface area contributed by atoms with E-state index in [1.54, 1.807) is 25.2 Å². The minimum Gasteiger partial charge on any atom is -0.355 e. The maximum absolute atomic E-state index is 12.5. The number of rotatable bonds is 3. The van der Waals surface area contributed by atoms with Crippen LogP contribution in [0.25, 0.3) is 0 Å². The van der Waals surface area contributed by atoms with Gasteiger partial charge in [0.15, 0.2) is 0 Å². The second-order valence-electron chi connectivity index (χ2n) is 6.67. The minimum absolute atomic E-state index is 0.0486. The smallest absolute Gasteiger partial charge is 0.321 e. The van der Waals surface area contributed by atoms with Crippen LogP contribution < -0.4 is 10.6 Å². The lowest BCUT2D eigenvalue weighted by atomic mass is 10.1.